The molecule has 0 aliphatic carbocycles. The van der Waals surface area contributed by atoms with Crippen LogP contribution in [0.25, 0.3) is 33.6 Å². The number of hydrogen-bond acceptors (Lipinski definition) is 6. The molecule has 1 atom stereocenters. The lowest BCUT2D eigenvalue weighted by Gasteiger charge is -2.16. The minimum Gasteiger partial charge on any atom is -0.479 e. The second kappa shape index (κ2) is 10.2. The number of nitrogens with zero attached hydrogens (tertiary/aromatic N) is 2. The summed E-state index contributed by atoms with van der Waals surface area (Å²) in [6, 6.07) is 24.6. The van der Waals surface area contributed by atoms with E-state index in [1.54, 1.807) is 36.4 Å². The van der Waals surface area contributed by atoms with E-state index in [-0.39, 0.29) is 5.91 Å². The number of aliphatic carboxylic acids is 1. The fourth-order valence-corrected chi connectivity index (χ4v) is 4.09. The molecule has 1 amide bonds. The molecule has 2 aromatic heterocycles. The molecule has 37 heavy (non-hydrogen) atoms. The van der Waals surface area contributed by atoms with Crippen LogP contribution in [0.15, 0.2) is 108 Å². The van der Waals surface area contributed by atoms with Crippen LogP contribution in [0.4, 0.5) is 11.5 Å². The molecule has 0 unspecified atom stereocenters. The molecule has 8 nitrogen and oxygen atoms in total. The van der Waals surface area contributed by atoms with Gasteiger partial charge in [-0.2, -0.15) is 0 Å². The number of fused-ring (bicyclic) bond motifs is 1. The normalized spacial score (nSPS) is 11.6. The van der Waals surface area contributed by atoms with Crippen molar-refractivity contribution in [1.82, 2.24) is 9.97 Å². The van der Waals surface area contributed by atoms with Crippen LogP contribution in [0.2, 0.25) is 0 Å². The van der Waals surface area contributed by atoms with Crippen molar-refractivity contribution in [2.45, 2.75) is 6.04 Å². The third-order valence-electron chi connectivity index (χ3n) is 5.81. The first-order valence-electron chi connectivity index (χ1n) is 11.5. The monoisotopic (exact) mass is 490 g/mol. The maximum atomic E-state index is 12.2. The van der Waals surface area contributed by atoms with Crippen molar-refractivity contribution in [3.05, 3.63) is 109 Å². The Morgan fingerprint density at radius 1 is 0.892 bits per heavy atom. The molecule has 0 radical (unpaired) electrons. The Bertz CT molecular complexity index is 1580. The number of benzene rings is 3. The molecule has 182 valence electrons. The lowest BCUT2D eigenvalue weighted by molar-refractivity contribution is -0.138. The number of rotatable bonds is 8. The highest BCUT2D eigenvalue weighted by atomic mass is 16.4. The number of furan rings is 1. The topological polar surface area (TPSA) is 117 Å². The number of carbonyl (C=O) groups is 2. The van der Waals surface area contributed by atoms with Gasteiger partial charge in [0.05, 0.1) is 5.39 Å². The minimum absolute atomic E-state index is 0.313. The van der Waals surface area contributed by atoms with Crippen LogP contribution in [0.5, 0.6) is 0 Å². The van der Waals surface area contributed by atoms with Gasteiger partial charge in [0.25, 0.3) is 0 Å². The molecule has 0 aliphatic rings. The van der Waals surface area contributed by atoms with Crippen LogP contribution in [0.3, 0.4) is 0 Å². The SMILES string of the molecule is C=CC(=O)Nc1ccc(-c2c(-c3ccccc3)oc3ncnc(N[C@H](C(=O)O)c4ccccc4)c23)cc1. The molecule has 0 aliphatic heterocycles. The van der Waals surface area contributed by atoms with Crippen LogP contribution < -0.4 is 10.6 Å². The summed E-state index contributed by atoms with van der Waals surface area (Å²) in [5.74, 6) is -0.472. The molecular formula is C29H22N4O4. The average Bonchev–Trinajstić information content (AvgIpc) is 3.33. The van der Waals surface area contributed by atoms with Gasteiger partial charge in [-0.15, -0.1) is 0 Å². The second-order valence-corrected chi connectivity index (χ2v) is 8.17. The van der Waals surface area contributed by atoms with Gasteiger partial charge in [-0.3, -0.25) is 4.79 Å². The Morgan fingerprint density at radius 2 is 1.57 bits per heavy atom. The quantitative estimate of drug-likeness (QED) is 0.231. The number of carboxylic acid groups (broad SMARTS) is 1. The molecule has 8 heteroatoms. The van der Waals surface area contributed by atoms with Gasteiger partial charge in [-0.05, 0) is 29.3 Å². The van der Waals surface area contributed by atoms with E-state index in [1.807, 2.05) is 48.5 Å². The first kappa shape index (κ1) is 23.5. The second-order valence-electron chi connectivity index (χ2n) is 8.17. The average molecular weight is 491 g/mol. The van der Waals surface area contributed by atoms with E-state index in [9.17, 15) is 14.7 Å². The Labute approximate surface area is 212 Å². The first-order chi connectivity index (χ1) is 18.0. The Balaban J connectivity index is 1.68. The van der Waals surface area contributed by atoms with Gasteiger partial charge in [-0.25, -0.2) is 14.8 Å². The third-order valence-corrected chi connectivity index (χ3v) is 5.81. The predicted molar refractivity (Wildman–Crippen MR) is 142 cm³/mol. The molecule has 0 fully saturated rings. The van der Waals surface area contributed by atoms with Gasteiger partial charge in [0.1, 0.15) is 17.9 Å². The summed E-state index contributed by atoms with van der Waals surface area (Å²) in [5.41, 5.74) is 3.79. The molecule has 0 spiro atoms. The van der Waals surface area contributed by atoms with Crippen molar-refractivity contribution >= 4 is 34.5 Å². The maximum Gasteiger partial charge on any atom is 0.330 e. The fourth-order valence-electron chi connectivity index (χ4n) is 4.09. The summed E-state index contributed by atoms with van der Waals surface area (Å²) >= 11 is 0. The molecule has 3 aromatic carbocycles. The summed E-state index contributed by atoms with van der Waals surface area (Å²) < 4.78 is 6.22. The third kappa shape index (κ3) is 4.81. The molecule has 0 bridgehead atoms. The number of hydrogen-bond donors (Lipinski definition) is 3. The van der Waals surface area contributed by atoms with E-state index < -0.39 is 12.0 Å². The zero-order valence-electron chi connectivity index (χ0n) is 19.6. The summed E-state index contributed by atoms with van der Waals surface area (Å²) in [6.45, 7) is 3.47. The number of anilines is 2. The largest absolute Gasteiger partial charge is 0.479 e. The van der Waals surface area contributed by atoms with E-state index in [0.29, 0.717) is 39.5 Å². The van der Waals surface area contributed by atoms with Gasteiger partial charge < -0.3 is 20.2 Å². The van der Waals surface area contributed by atoms with Crippen LogP contribution in [0.1, 0.15) is 11.6 Å². The molecular weight excluding hydrogens is 468 g/mol. The number of carboxylic acids is 1. The molecule has 5 aromatic rings. The van der Waals surface area contributed by atoms with Crippen molar-refractivity contribution in [2.75, 3.05) is 10.6 Å². The predicted octanol–water partition coefficient (Wildman–Crippen LogP) is 5.92. The Morgan fingerprint density at radius 3 is 2.22 bits per heavy atom. The van der Waals surface area contributed by atoms with E-state index in [4.69, 9.17) is 4.42 Å². The number of nitrogens with one attached hydrogen (secondary N) is 2. The van der Waals surface area contributed by atoms with Gasteiger partial charge in [0, 0.05) is 16.8 Å². The van der Waals surface area contributed by atoms with Gasteiger partial charge in [0.2, 0.25) is 11.6 Å². The molecule has 0 saturated heterocycles. The Hall–Kier alpha value is -5.24. The zero-order chi connectivity index (χ0) is 25.8. The fraction of sp³-hybridized carbons (Fsp3) is 0.0345. The van der Waals surface area contributed by atoms with Crippen molar-refractivity contribution in [1.29, 1.82) is 0 Å². The van der Waals surface area contributed by atoms with Crippen molar-refractivity contribution in [3.63, 3.8) is 0 Å². The lowest BCUT2D eigenvalue weighted by atomic mass is 9.98. The summed E-state index contributed by atoms with van der Waals surface area (Å²) in [4.78, 5) is 32.6. The van der Waals surface area contributed by atoms with E-state index in [0.717, 1.165) is 11.1 Å². The van der Waals surface area contributed by atoms with E-state index in [2.05, 4.69) is 27.2 Å². The lowest BCUT2D eigenvalue weighted by Crippen LogP contribution is -2.21. The summed E-state index contributed by atoms with van der Waals surface area (Å²) in [7, 11) is 0. The number of amides is 1. The van der Waals surface area contributed by atoms with Crippen molar-refractivity contribution in [2.24, 2.45) is 0 Å². The van der Waals surface area contributed by atoms with Crippen LogP contribution in [-0.2, 0) is 9.59 Å². The standard InChI is InChI=1S/C29H22N4O4/c1-2-22(34)32-21-15-13-18(14-16-21)23-24-27(33-25(29(35)36)19-9-5-3-6-10-19)30-17-31-28(24)37-26(23)20-11-7-4-8-12-20/h2-17,25H,1H2,(H,32,34)(H,35,36)(H,30,31,33)/t25-/m0/s1. The summed E-state index contributed by atoms with van der Waals surface area (Å²) in [5, 5.41) is 16.3. The molecule has 5 rings (SSSR count). The van der Waals surface area contributed by atoms with Crippen LogP contribution in [0, 0.1) is 0 Å². The minimum atomic E-state index is -1.05. The molecule has 0 saturated carbocycles. The first-order valence-corrected chi connectivity index (χ1v) is 11.5. The highest BCUT2D eigenvalue weighted by Crippen LogP contribution is 2.43. The van der Waals surface area contributed by atoms with Gasteiger partial charge in [0.15, 0.2) is 6.04 Å². The molecule has 2 heterocycles. The smallest absolute Gasteiger partial charge is 0.330 e. The van der Waals surface area contributed by atoms with E-state index in [1.165, 1.54) is 12.4 Å². The highest BCUT2D eigenvalue weighted by molar-refractivity contribution is 6.06. The highest BCUT2D eigenvalue weighted by Gasteiger charge is 2.26. The van der Waals surface area contributed by atoms with E-state index >= 15 is 0 Å². The summed E-state index contributed by atoms with van der Waals surface area (Å²) in [6.07, 6.45) is 2.54. The van der Waals surface area contributed by atoms with Crippen molar-refractivity contribution < 1.29 is 19.1 Å². The maximum absolute atomic E-state index is 12.2. The molecule has 3 N–H and O–H groups in total. The van der Waals surface area contributed by atoms with Crippen LogP contribution >= 0.6 is 0 Å². The van der Waals surface area contributed by atoms with Gasteiger partial charge >= 0.3 is 5.97 Å². The van der Waals surface area contributed by atoms with Crippen LogP contribution in [-0.4, -0.2) is 27.0 Å². The number of carbonyl (C=O) groups excluding carboxylic acids is 1. The Kier molecular flexibility index (Phi) is 6.46. The van der Waals surface area contributed by atoms with Crippen molar-refractivity contribution in [3.8, 4) is 22.5 Å². The van der Waals surface area contributed by atoms with Gasteiger partial charge in [-0.1, -0.05) is 79.4 Å². The number of aromatic nitrogens is 2. The zero-order valence-corrected chi connectivity index (χ0v) is 19.6.